The molecule has 0 spiro atoms. The molecule has 0 aliphatic rings. The molecular formula is C16H11BrO2. The third-order valence-corrected chi connectivity index (χ3v) is 3.73. The normalized spacial score (nSPS) is 10.8. The van der Waals surface area contributed by atoms with Crippen molar-refractivity contribution in [3.63, 3.8) is 0 Å². The van der Waals surface area contributed by atoms with Crippen molar-refractivity contribution in [3.05, 3.63) is 70.6 Å². The van der Waals surface area contributed by atoms with Crippen LogP contribution in [-0.4, -0.2) is 5.78 Å². The first-order valence-electron chi connectivity index (χ1n) is 5.98. The van der Waals surface area contributed by atoms with E-state index in [-0.39, 0.29) is 5.78 Å². The monoisotopic (exact) mass is 314 g/mol. The molecule has 3 rings (SSSR count). The molecule has 0 saturated carbocycles. The van der Waals surface area contributed by atoms with Gasteiger partial charge in [-0.3, -0.25) is 4.79 Å². The van der Waals surface area contributed by atoms with E-state index < -0.39 is 0 Å². The Morgan fingerprint density at radius 3 is 2.63 bits per heavy atom. The van der Waals surface area contributed by atoms with Crippen LogP contribution >= 0.6 is 15.9 Å². The lowest BCUT2D eigenvalue weighted by Crippen LogP contribution is -2.03. The molecular weight excluding hydrogens is 304 g/mol. The van der Waals surface area contributed by atoms with Crippen molar-refractivity contribution in [1.82, 2.24) is 0 Å². The summed E-state index contributed by atoms with van der Waals surface area (Å²) in [6.07, 6.45) is 1.86. The summed E-state index contributed by atoms with van der Waals surface area (Å²) in [6, 6.07) is 15.8. The maximum Gasteiger partial charge on any atom is 0.203 e. The molecule has 0 aliphatic carbocycles. The van der Waals surface area contributed by atoms with Gasteiger partial charge in [0.05, 0.1) is 10.7 Å². The van der Waals surface area contributed by atoms with Crippen LogP contribution in [0.2, 0.25) is 0 Å². The van der Waals surface area contributed by atoms with Crippen LogP contribution in [0.5, 0.6) is 0 Å². The molecule has 94 valence electrons. The molecule has 3 heteroatoms. The molecule has 0 aliphatic heterocycles. The largest absolute Gasteiger partial charge is 0.460 e. The molecule has 0 unspecified atom stereocenters. The summed E-state index contributed by atoms with van der Waals surface area (Å²) in [7, 11) is 0. The minimum absolute atomic E-state index is 0.0202. The molecule has 0 N–H and O–H groups in total. The van der Waals surface area contributed by atoms with Crippen molar-refractivity contribution in [3.8, 4) is 0 Å². The minimum atomic E-state index is -0.0202. The van der Waals surface area contributed by atoms with E-state index >= 15 is 0 Å². The smallest absolute Gasteiger partial charge is 0.203 e. The number of benzene rings is 2. The summed E-state index contributed by atoms with van der Waals surface area (Å²) >= 11 is 3.32. The predicted octanol–water partition coefficient (Wildman–Crippen LogP) is 4.62. The number of carbonyl (C=O) groups excluding carboxylic acids is 1. The van der Waals surface area contributed by atoms with Crippen molar-refractivity contribution in [2.45, 2.75) is 6.42 Å². The average Bonchev–Trinajstić information content (AvgIpc) is 2.85. The highest BCUT2D eigenvalue weighted by atomic mass is 79.9. The topological polar surface area (TPSA) is 30.2 Å². The predicted molar refractivity (Wildman–Crippen MR) is 78.4 cm³/mol. The Hall–Kier alpha value is -1.87. The van der Waals surface area contributed by atoms with E-state index in [0.29, 0.717) is 16.7 Å². The van der Waals surface area contributed by atoms with Gasteiger partial charge in [0.25, 0.3) is 0 Å². The summed E-state index contributed by atoms with van der Waals surface area (Å²) in [5.41, 5.74) is 1.02. The highest BCUT2D eigenvalue weighted by Gasteiger charge is 2.15. The van der Waals surface area contributed by atoms with Gasteiger partial charge >= 0.3 is 0 Å². The molecule has 0 amide bonds. The number of carbonyl (C=O) groups is 1. The standard InChI is InChI=1S/C16H11BrO2/c17-14-8-9-19-16(14)15(18)10-12-6-3-5-11-4-1-2-7-13(11)12/h1-9H,10H2. The molecule has 0 saturated heterocycles. The van der Waals surface area contributed by atoms with E-state index in [0.717, 1.165) is 16.3 Å². The lowest BCUT2D eigenvalue weighted by Gasteiger charge is -2.05. The SMILES string of the molecule is O=C(Cc1cccc2ccccc12)c1occc1Br. The minimum Gasteiger partial charge on any atom is -0.460 e. The quantitative estimate of drug-likeness (QED) is 0.660. The van der Waals surface area contributed by atoms with Gasteiger partial charge in [-0.2, -0.15) is 0 Å². The zero-order chi connectivity index (χ0) is 13.2. The van der Waals surface area contributed by atoms with Crippen LogP contribution in [0.3, 0.4) is 0 Å². The zero-order valence-electron chi connectivity index (χ0n) is 10.1. The van der Waals surface area contributed by atoms with Gasteiger partial charge in [-0.05, 0) is 38.3 Å². The van der Waals surface area contributed by atoms with Crippen LogP contribution in [0.4, 0.5) is 0 Å². The Balaban J connectivity index is 1.98. The zero-order valence-corrected chi connectivity index (χ0v) is 11.7. The highest BCUT2D eigenvalue weighted by Crippen LogP contribution is 2.23. The summed E-state index contributed by atoms with van der Waals surface area (Å²) in [5, 5.41) is 2.26. The Labute approximate surface area is 119 Å². The van der Waals surface area contributed by atoms with Gasteiger partial charge in [0, 0.05) is 6.42 Å². The summed E-state index contributed by atoms with van der Waals surface area (Å²) in [4.78, 5) is 12.2. The molecule has 0 bridgehead atoms. The van der Waals surface area contributed by atoms with Gasteiger partial charge < -0.3 is 4.42 Å². The number of halogens is 1. The Bertz CT molecular complexity index is 738. The highest BCUT2D eigenvalue weighted by molar-refractivity contribution is 9.10. The fourth-order valence-electron chi connectivity index (χ4n) is 2.19. The second-order valence-corrected chi connectivity index (χ2v) is 5.19. The number of fused-ring (bicyclic) bond motifs is 1. The van der Waals surface area contributed by atoms with E-state index in [1.165, 1.54) is 6.26 Å². The van der Waals surface area contributed by atoms with E-state index in [1.54, 1.807) is 6.07 Å². The van der Waals surface area contributed by atoms with Crippen LogP contribution in [0.1, 0.15) is 16.1 Å². The van der Waals surface area contributed by atoms with Crippen LogP contribution in [0, 0.1) is 0 Å². The second kappa shape index (κ2) is 5.02. The molecule has 0 atom stereocenters. The van der Waals surface area contributed by atoms with Crippen LogP contribution < -0.4 is 0 Å². The number of rotatable bonds is 3. The first kappa shape index (κ1) is 12.2. The van der Waals surface area contributed by atoms with Crippen molar-refractivity contribution >= 4 is 32.5 Å². The molecule has 19 heavy (non-hydrogen) atoms. The third kappa shape index (κ3) is 2.34. The van der Waals surface area contributed by atoms with Gasteiger partial charge in [-0.1, -0.05) is 42.5 Å². The molecule has 0 fully saturated rings. The van der Waals surface area contributed by atoms with Gasteiger partial charge in [-0.25, -0.2) is 0 Å². The molecule has 0 radical (unpaired) electrons. The average molecular weight is 315 g/mol. The number of hydrogen-bond acceptors (Lipinski definition) is 2. The fourth-order valence-corrected chi connectivity index (χ4v) is 2.62. The molecule has 2 aromatic carbocycles. The van der Waals surface area contributed by atoms with E-state index in [1.807, 2.05) is 42.5 Å². The van der Waals surface area contributed by atoms with Crippen molar-refractivity contribution in [2.75, 3.05) is 0 Å². The van der Waals surface area contributed by atoms with Crippen molar-refractivity contribution in [2.24, 2.45) is 0 Å². The Morgan fingerprint density at radius 1 is 1.05 bits per heavy atom. The van der Waals surface area contributed by atoms with E-state index in [4.69, 9.17) is 4.42 Å². The number of hydrogen-bond donors (Lipinski definition) is 0. The van der Waals surface area contributed by atoms with Gasteiger partial charge in [0.15, 0.2) is 5.76 Å². The van der Waals surface area contributed by atoms with Gasteiger partial charge in [0.2, 0.25) is 5.78 Å². The second-order valence-electron chi connectivity index (χ2n) is 4.34. The Morgan fingerprint density at radius 2 is 1.84 bits per heavy atom. The van der Waals surface area contributed by atoms with Gasteiger partial charge in [-0.15, -0.1) is 0 Å². The van der Waals surface area contributed by atoms with E-state index in [9.17, 15) is 4.79 Å². The van der Waals surface area contributed by atoms with Crippen LogP contribution in [-0.2, 0) is 6.42 Å². The van der Waals surface area contributed by atoms with Gasteiger partial charge in [0.1, 0.15) is 0 Å². The lowest BCUT2D eigenvalue weighted by molar-refractivity contribution is 0.0965. The fraction of sp³-hybridized carbons (Fsp3) is 0.0625. The van der Waals surface area contributed by atoms with E-state index in [2.05, 4.69) is 15.9 Å². The lowest BCUT2D eigenvalue weighted by atomic mass is 10.00. The third-order valence-electron chi connectivity index (χ3n) is 3.10. The van der Waals surface area contributed by atoms with Crippen molar-refractivity contribution in [1.29, 1.82) is 0 Å². The first-order chi connectivity index (χ1) is 9.25. The maximum atomic E-state index is 12.2. The number of Topliss-reactive ketones (excluding diaryl/α,β-unsaturated/α-hetero) is 1. The summed E-state index contributed by atoms with van der Waals surface area (Å²) < 4.78 is 5.92. The molecule has 1 aromatic heterocycles. The number of ketones is 1. The first-order valence-corrected chi connectivity index (χ1v) is 6.78. The maximum absolute atomic E-state index is 12.2. The van der Waals surface area contributed by atoms with Crippen molar-refractivity contribution < 1.29 is 9.21 Å². The number of furan rings is 1. The molecule has 3 aromatic rings. The Kier molecular flexibility index (Phi) is 3.22. The summed E-state index contributed by atoms with van der Waals surface area (Å²) in [6.45, 7) is 0. The van der Waals surface area contributed by atoms with Crippen LogP contribution in [0.25, 0.3) is 10.8 Å². The summed E-state index contributed by atoms with van der Waals surface area (Å²) in [5.74, 6) is 0.362. The molecule has 2 nitrogen and oxygen atoms in total. The van der Waals surface area contributed by atoms with Crippen LogP contribution in [0.15, 0.2) is 63.7 Å². The molecule has 1 heterocycles.